The summed E-state index contributed by atoms with van der Waals surface area (Å²) >= 11 is 0. The van der Waals surface area contributed by atoms with Gasteiger partial charge in [0.25, 0.3) is 0 Å². The van der Waals surface area contributed by atoms with Crippen LogP contribution in [0.2, 0.25) is 0 Å². The van der Waals surface area contributed by atoms with Crippen molar-refractivity contribution in [3.8, 4) is 0 Å². The Balaban J connectivity index is 2.37. The smallest absolute Gasteiger partial charge is 0.0481 e. The van der Waals surface area contributed by atoms with Crippen molar-refractivity contribution >= 4 is 16.6 Å². The molecule has 0 aliphatic carbocycles. The Morgan fingerprint density at radius 1 is 1.29 bits per heavy atom. The van der Waals surface area contributed by atoms with Gasteiger partial charge in [-0.3, -0.25) is 0 Å². The van der Waals surface area contributed by atoms with Crippen LogP contribution < -0.4 is 5.73 Å². The second-order valence-electron chi connectivity index (χ2n) is 3.40. The molecule has 0 bridgehead atoms. The van der Waals surface area contributed by atoms with E-state index in [1.807, 2.05) is 30.5 Å². The maximum atomic E-state index is 8.75. The number of nitrogens with two attached hydrogens (primary N) is 1. The molecule has 0 spiro atoms. The van der Waals surface area contributed by atoms with Gasteiger partial charge in [0.2, 0.25) is 0 Å². The van der Waals surface area contributed by atoms with Crippen LogP contribution in [0, 0.1) is 0 Å². The van der Waals surface area contributed by atoms with Crippen molar-refractivity contribution < 1.29 is 5.11 Å². The quantitative estimate of drug-likeness (QED) is 0.722. The van der Waals surface area contributed by atoms with E-state index in [0.717, 1.165) is 24.0 Å². The molecule has 0 fully saturated rings. The van der Waals surface area contributed by atoms with Crippen LogP contribution in [0.5, 0.6) is 0 Å². The van der Waals surface area contributed by atoms with Crippen LogP contribution in [0.4, 0.5) is 5.69 Å². The molecule has 74 valence electrons. The van der Waals surface area contributed by atoms with Crippen LogP contribution in [0.15, 0.2) is 30.5 Å². The number of hydrogen-bond acceptors (Lipinski definition) is 2. The van der Waals surface area contributed by atoms with Crippen LogP contribution >= 0.6 is 0 Å². The first-order chi connectivity index (χ1) is 6.81. The number of nitrogens with zero attached hydrogens (tertiary/aromatic N) is 1. The zero-order chi connectivity index (χ0) is 9.97. The normalized spacial score (nSPS) is 10.9. The number of hydrogen-bond donors (Lipinski definition) is 2. The summed E-state index contributed by atoms with van der Waals surface area (Å²) in [5.74, 6) is 0. The Labute approximate surface area is 82.8 Å². The fourth-order valence-electron chi connectivity index (χ4n) is 1.65. The molecular formula is C11H14N2O. The van der Waals surface area contributed by atoms with Crippen LogP contribution in [0.1, 0.15) is 6.42 Å². The minimum Gasteiger partial charge on any atom is -0.399 e. The predicted octanol–water partition coefficient (Wildman–Crippen LogP) is 1.61. The van der Waals surface area contributed by atoms with Gasteiger partial charge in [0.15, 0.2) is 0 Å². The zero-order valence-corrected chi connectivity index (χ0v) is 7.98. The Hall–Kier alpha value is -1.48. The van der Waals surface area contributed by atoms with Crippen molar-refractivity contribution in [1.29, 1.82) is 0 Å². The van der Waals surface area contributed by atoms with Crippen LogP contribution in [0.25, 0.3) is 10.9 Å². The van der Waals surface area contributed by atoms with Gasteiger partial charge < -0.3 is 15.4 Å². The number of fused-ring (bicyclic) bond motifs is 1. The number of anilines is 1. The van der Waals surface area contributed by atoms with Gasteiger partial charge in [0, 0.05) is 35.9 Å². The summed E-state index contributed by atoms with van der Waals surface area (Å²) in [7, 11) is 0. The molecule has 0 atom stereocenters. The highest BCUT2D eigenvalue weighted by atomic mass is 16.3. The van der Waals surface area contributed by atoms with Gasteiger partial charge in [-0.1, -0.05) is 0 Å². The number of aryl methyl sites for hydroxylation is 1. The molecule has 1 aromatic heterocycles. The average Bonchev–Trinajstić information content (AvgIpc) is 2.57. The minimum absolute atomic E-state index is 0.231. The molecule has 3 N–H and O–H groups in total. The monoisotopic (exact) mass is 190 g/mol. The number of nitrogen functional groups attached to an aromatic ring is 1. The minimum atomic E-state index is 0.231. The van der Waals surface area contributed by atoms with Crippen LogP contribution in [-0.2, 0) is 6.54 Å². The van der Waals surface area contributed by atoms with Crippen molar-refractivity contribution in [2.75, 3.05) is 12.3 Å². The van der Waals surface area contributed by atoms with E-state index in [9.17, 15) is 0 Å². The molecule has 1 aromatic carbocycles. The second-order valence-corrected chi connectivity index (χ2v) is 3.40. The second kappa shape index (κ2) is 3.72. The summed E-state index contributed by atoms with van der Waals surface area (Å²) in [6, 6.07) is 7.92. The highest BCUT2D eigenvalue weighted by Crippen LogP contribution is 2.18. The molecule has 3 heteroatoms. The number of benzene rings is 1. The molecule has 0 radical (unpaired) electrons. The van der Waals surface area contributed by atoms with Gasteiger partial charge in [-0.05, 0) is 30.7 Å². The van der Waals surface area contributed by atoms with E-state index in [0.29, 0.717) is 0 Å². The Morgan fingerprint density at radius 2 is 2.14 bits per heavy atom. The van der Waals surface area contributed by atoms with E-state index in [-0.39, 0.29) is 6.61 Å². The summed E-state index contributed by atoms with van der Waals surface area (Å²) < 4.78 is 2.13. The van der Waals surface area contributed by atoms with E-state index < -0.39 is 0 Å². The molecule has 2 rings (SSSR count). The van der Waals surface area contributed by atoms with Gasteiger partial charge in [0.1, 0.15) is 0 Å². The molecule has 1 heterocycles. The van der Waals surface area contributed by atoms with Crippen molar-refractivity contribution in [3.63, 3.8) is 0 Å². The predicted molar refractivity (Wildman–Crippen MR) is 58.1 cm³/mol. The molecule has 0 unspecified atom stereocenters. The standard InChI is InChI=1S/C11H14N2O/c12-10-2-3-11-9(8-10)4-6-13(11)5-1-7-14/h2-4,6,8,14H,1,5,7,12H2. The first-order valence-corrected chi connectivity index (χ1v) is 4.76. The van der Waals surface area contributed by atoms with Gasteiger partial charge in [0.05, 0.1) is 0 Å². The third kappa shape index (κ3) is 1.59. The SMILES string of the molecule is Nc1ccc2c(ccn2CCCO)c1. The molecule has 0 aliphatic heterocycles. The maximum absolute atomic E-state index is 8.75. The van der Waals surface area contributed by atoms with Crippen molar-refractivity contribution in [2.24, 2.45) is 0 Å². The van der Waals surface area contributed by atoms with Gasteiger partial charge in [-0.15, -0.1) is 0 Å². The lowest BCUT2D eigenvalue weighted by atomic mass is 10.2. The lowest BCUT2D eigenvalue weighted by molar-refractivity contribution is 0.280. The van der Waals surface area contributed by atoms with Gasteiger partial charge >= 0.3 is 0 Å². The first kappa shape index (κ1) is 9.09. The molecule has 0 saturated carbocycles. The van der Waals surface area contributed by atoms with E-state index in [1.165, 1.54) is 5.52 Å². The molecule has 2 aromatic rings. The number of rotatable bonds is 3. The highest BCUT2D eigenvalue weighted by molar-refractivity contribution is 5.83. The Bertz CT molecular complexity index is 434. The Kier molecular flexibility index (Phi) is 2.41. The Morgan fingerprint density at radius 3 is 2.93 bits per heavy atom. The summed E-state index contributed by atoms with van der Waals surface area (Å²) in [5, 5.41) is 9.90. The summed E-state index contributed by atoms with van der Waals surface area (Å²) in [6.07, 6.45) is 2.81. The number of aromatic nitrogens is 1. The lowest BCUT2D eigenvalue weighted by Gasteiger charge is -2.03. The summed E-state index contributed by atoms with van der Waals surface area (Å²) in [6.45, 7) is 1.08. The van der Waals surface area contributed by atoms with Crippen molar-refractivity contribution in [3.05, 3.63) is 30.5 Å². The fraction of sp³-hybridized carbons (Fsp3) is 0.273. The largest absolute Gasteiger partial charge is 0.399 e. The maximum Gasteiger partial charge on any atom is 0.0481 e. The molecular weight excluding hydrogens is 176 g/mol. The summed E-state index contributed by atoms with van der Waals surface area (Å²) in [5.41, 5.74) is 7.65. The number of aliphatic hydroxyl groups is 1. The van der Waals surface area contributed by atoms with Crippen molar-refractivity contribution in [1.82, 2.24) is 4.57 Å². The van der Waals surface area contributed by atoms with Gasteiger partial charge in [-0.2, -0.15) is 0 Å². The third-order valence-corrected chi connectivity index (χ3v) is 2.35. The fourth-order valence-corrected chi connectivity index (χ4v) is 1.65. The average molecular weight is 190 g/mol. The van der Waals surface area contributed by atoms with E-state index >= 15 is 0 Å². The third-order valence-electron chi connectivity index (χ3n) is 2.35. The highest BCUT2D eigenvalue weighted by Gasteiger charge is 2.00. The molecule has 0 saturated heterocycles. The van der Waals surface area contributed by atoms with E-state index in [4.69, 9.17) is 10.8 Å². The lowest BCUT2D eigenvalue weighted by Crippen LogP contribution is -1.98. The van der Waals surface area contributed by atoms with Crippen LogP contribution in [0.3, 0.4) is 0 Å². The zero-order valence-electron chi connectivity index (χ0n) is 7.98. The first-order valence-electron chi connectivity index (χ1n) is 4.76. The molecule has 3 nitrogen and oxygen atoms in total. The molecule has 0 aliphatic rings. The summed E-state index contributed by atoms with van der Waals surface area (Å²) in [4.78, 5) is 0. The van der Waals surface area contributed by atoms with E-state index in [1.54, 1.807) is 0 Å². The van der Waals surface area contributed by atoms with Gasteiger partial charge in [-0.25, -0.2) is 0 Å². The molecule has 0 amide bonds. The number of aliphatic hydroxyl groups excluding tert-OH is 1. The molecule has 14 heavy (non-hydrogen) atoms. The topological polar surface area (TPSA) is 51.2 Å². The van der Waals surface area contributed by atoms with E-state index in [2.05, 4.69) is 4.57 Å². The van der Waals surface area contributed by atoms with Crippen molar-refractivity contribution in [2.45, 2.75) is 13.0 Å². The van der Waals surface area contributed by atoms with Crippen LogP contribution in [-0.4, -0.2) is 16.3 Å².